The van der Waals surface area contributed by atoms with Crippen molar-refractivity contribution in [2.75, 3.05) is 7.11 Å². The Morgan fingerprint density at radius 2 is 1.76 bits per heavy atom. The predicted octanol–water partition coefficient (Wildman–Crippen LogP) is 3.73. The average Bonchev–Trinajstić information content (AvgIpc) is 3.58. The highest BCUT2D eigenvalue weighted by Gasteiger charge is 2.76. The molecule has 7 atom stereocenters. The molecule has 3 heterocycles. The van der Waals surface area contributed by atoms with Crippen LogP contribution in [0.1, 0.15) is 54.6 Å². The molecule has 2 aromatic rings. The molecule has 12 heteroatoms. The van der Waals surface area contributed by atoms with Gasteiger partial charge in [0.2, 0.25) is 6.29 Å². The standard InChI is InChI=1S/C33H32O12/c1-32-28-23(12-33(32,30(41)45-31(32)42-2)13-26(39)21-10-18(35)4-7-24(21)37)20(17(14-34)15-43-28)6-3-16-9-27(44-29(16)40)22-11-19(36)5-8-25(22)38/h4-5,7-11,14-15,20,23,27-28,31,35-38H,3,6,12-13H2,1-2H3/t20-,23+,27-,28-,31-,32-,33-/m0/s1. The Hall–Kier alpha value is -4.84. The van der Waals surface area contributed by atoms with E-state index in [1.807, 2.05) is 0 Å². The minimum Gasteiger partial charge on any atom is -0.508 e. The molecule has 0 amide bonds. The lowest BCUT2D eigenvalue weighted by molar-refractivity contribution is -0.185. The normalized spacial score (nSPS) is 31.6. The van der Waals surface area contributed by atoms with Gasteiger partial charge in [-0.3, -0.25) is 14.4 Å². The van der Waals surface area contributed by atoms with Gasteiger partial charge in [-0.1, -0.05) is 0 Å². The van der Waals surface area contributed by atoms with Crippen LogP contribution < -0.4 is 0 Å². The summed E-state index contributed by atoms with van der Waals surface area (Å²) in [5, 5.41) is 40.4. The highest BCUT2D eigenvalue weighted by molar-refractivity contribution is 6.02. The number of hydrogen-bond donors (Lipinski definition) is 4. The summed E-state index contributed by atoms with van der Waals surface area (Å²) in [6.07, 6.45) is 1.02. The van der Waals surface area contributed by atoms with E-state index in [4.69, 9.17) is 18.9 Å². The van der Waals surface area contributed by atoms with Gasteiger partial charge in [0.15, 0.2) is 5.78 Å². The number of benzene rings is 2. The molecule has 3 aliphatic heterocycles. The zero-order chi connectivity index (χ0) is 32.3. The molecule has 0 aromatic heterocycles. The van der Waals surface area contributed by atoms with E-state index in [0.717, 1.165) is 6.07 Å². The van der Waals surface area contributed by atoms with Crippen molar-refractivity contribution in [3.63, 3.8) is 0 Å². The van der Waals surface area contributed by atoms with Gasteiger partial charge < -0.3 is 39.4 Å². The highest BCUT2D eigenvalue weighted by Crippen LogP contribution is 2.68. The average molecular weight is 621 g/mol. The van der Waals surface area contributed by atoms with Gasteiger partial charge in [-0.2, -0.15) is 0 Å². The van der Waals surface area contributed by atoms with Gasteiger partial charge in [-0.15, -0.1) is 0 Å². The van der Waals surface area contributed by atoms with Crippen LogP contribution in [0.15, 0.2) is 59.9 Å². The first-order valence-corrected chi connectivity index (χ1v) is 14.5. The molecule has 1 saturated carbocycles. The largest absolute Gasteiger partial charge is 0.508 e. The number of phenolic OH excluding ortho intramolecular Hbond substituents is 4. The Kier molecular flexibility index (Phi) is 7.35. The Bertz CT molecular complexity index is 1660. The lowest BCUT2D eigenvalue weighted by Gasteiger charge is -2.41. The Morgan fingerprint density at radius 3 is 2.47 bits per heavy atom. The van der Waals surface area contributed by atoms with Gasteiger partial charge in [-0.05, 0) is 74.6 Å². The van der Waals surface area contributed by atoms with Gasteiger partial charge >= 0.3 is 11.9 Å². The zero-order valence-corrected chi connectivity index (χ0v) is 24.5. The van der Waals surface area contributed by atoms with Crippen LogP contribution in [0.5, 0.6) is 23.0 Å². The Balaban J connectivity index is 1.31. The summed E-state index contributed by atoms with van der Waals surface area (Å²) < 4.78 is 22.8. The third kappa shape index (κ3) is 4.62. The maximum absolute atomic E-state index is 13.7. The van der Waals surface area contributed by atoms with Gasteiger partial charge in [0.05, 0.1) is 22.7 Å². The number of carbonyl (C=O) groups is 4. The van der Waals surface area contributed by atoms with E-state index in [9.17, 15) is 39.6 Å². The number of fused-ring (bicyclic) bond motifs is 3. The number of aromatic hydroxyl groups is 4. The van der Waals surface area contributed by atoms with Crippen molar-refractivity contribution in [1.82, 2.24) is 0 Å². The second-order valence-electron chi connectivity index (χ2n) is 12.2. The summed E-state index contributed by atoms with van der Waals surface area (Å²) in [6, 6.07) is 7.47. The SMILES string of the molecule is CO[C@H]1OC(=O)[C@@]2(CC(=O)c3cc(O)ccc3O)C[C@@H]3[C@@H](CCC4=C[C@@H](c5cc(O)ccc5O)OC4=O)C(C=O)=CO[C@@H]3[C@@]12C. The lowest BCUT2D eigenvalue weighted by Crippen LogP contribution is -2.50. The lowest BCUT2D eigenvalue weighted by atomic mass is 9.64. The van der Waals surface area contributed by atoms with Crippen molar-refractivity contribution >= 4 is 24.0 Å². The monoisotopic (exact) mass is 620 g/mol. The highest BCUT2D eigenvalue weighted by atomic mass is 16.7. The van der Waals surface area contributed by atoms with Crippen molar-refractivity contribution in [2.45, 2.75) is 51.1 Å². The van der Waals surface area contributed by atoms with E-state index in [1.54, 1.807) is 13.0 Å². The molecule has 0 radical (unpaired) electrons. The molecular weight excluding hydrogens is 588 g/mol. The molecular formula is C33H32O12. The molecule has 2 fully saturated rings. The summed E-state index contributed by atoms with van der Waals surface area (Å²) >= 11 is 0. The van der Waals surface area contributed by atoms with Crippen LogP contribution in [0.3, 0.4) is 0 Å². The Morgan fingerprint density at radius 1 is 1.04 bits per heavy atom. The number of ketones is 1. The van der Waals surface area contributed by atoms with E-state index in [1.165, 1.54) is 43.7 Å². The maximum Gasteiger partial charge on any atom is 0.334 e. The van der Waals surface area contributed by atoms with Crippen molar-refractivity contribution in [3.05, 3.63) is 71.0 Å². The first kappa shape index (κ1) is 30.2. The predicted molar refractivity (Wildman–Crippen MR) is 153 cm³/mol. The minimum absolute atomic E-state index is 0.0807. The minimum atomic E-state index is -1.47. The summed E-state index contributed by atoms with van der Waals surface area (Å²) in [5.74, 6) is -3.67. The summed E-state index contributed by atoms with van der Waals surface area (Å²) in [5.41, 5.74) is -1.95. The molecule has 12 nitrogen and oxygen atoms in total. The summed E-state index contributed by atoms with van der Waals surface area (Å²) in [4.78, 5) is 52.3. The van der Waals surface area contributed by atoms with Crippen molar-refractivity contribution < 1.29 is 58.6 Å². The quantitative estimate of drug-likeness (QED) is 0.138. The van der Waals surface area contributed by atoms with Gasteiger partial charge in [-0.25, -0.2) is 4.79 Å². The molecule has 6 rings (SSSR count). The van der Waals surface area contributed by atoms with Crippen LogP contribution in [0.4, 0.5) is 0 Å². The maximum atomic E-state index is 13.7. The molecule has 1 saturated heterocycles. The fourth-order valence-corrected chi connectivity index (χ4v) is 7.66. The topological polar surface area (TPSA) is 186 Å². The molecule has 0 spiro atoms. The van der Waals surface area contributed by atoms with Crippen LogP contribution in [-0.2, 0) is 33.3 Å². The summed E-state index contributed by atoms with van der Waals surface area (Å²) in [7, 11) is 1.38. The van der Waals surface area contributed by atoms with Crippen molar-refractivity contribution in [2.24, 2.45) is 22.7 Å². The smallest absolute Gasteiger partial charge is 0.334 e. The Labute approximate surface area is 257 Å². The van der Waals surface area contributed by atoms with E-state index in [-0.39, 0.29) is 59.8 Å². The van der Waals surface area contributed by atoms with Crippen LogP contribution >= 0.6 is 0 Å². The third-order valence-corrected chi connectivity index (χ3v) is 9.97. The van der Waals surface area contributed by atoms with Crippen LogP contribution in [0.2, 0.25) is 0 Å². The van der Waals surface area contributed by atoms with E-state index in [0.29, 0.717) is 17.4 Å². The zero-order valence-electron chi connectivity index (χ0n) is 24.5. The number of esters is 2. The third-order valence-electron chi connectivity index (χ3n) is 9.97. The number of hydrogen-bond acceptors (Lipinski definition) is 12. The fourth-order valence-electron chi connectivity index (χ4n) is 7.66. The second-order valence-corrected chi connectivity index (χ2v) is 12.2. The number of Topliss-reactive ketones (excluding diaryl/α,β-unsaturated/α-hetero) is 1. The van der Waals surface area contributed by atoms with E-state index < -0.39 is 58.9 Å². The number of methoxy groups -OCH3 is 1. The van der Waals surface area contributed by atoms with Crippen molar-refractivity contribution in [1.29, 1.82) is 0 Å². The number of cyclic esters (lactones) is 2. The van der Waals surface area contributed by atoms with E-state index >= 15 is 0 Å². The van der Waals surface area contributed by atoms with Gasteiger partial charge in [0.25, 0.3) is 0 Å². The first-order chi connectivity index (χ1) is 21.4. The number of phenols is 4. The van der Waals surface area contributed by atoms with Crippen LogP contribution in [0.25, 0.3) is 0 Å². The number of allylic oxidation sites excluding steroid dienone is 1. The molecule has 45 heavy (non-hydrogen) atoms. The van der Waals surface area contributed by atoms with E-state index in [2.05, 4.69) is 0 Å². The van der Waals surface area contributed by atoms with Gasteiger partial charge in [0, 0.05) is 36.2 Å². The van der Waals surface area contributed by atoms with Crippen LogP contribution in [-0.4, -0.2) is 63.9 Å². The molecule has 0 unspecified atom stereocenters. The summed E-state index contributed by atoms with van der Waals surface area (Å²) in [6.45, 7) is 1.74. The molecule has 4 N–H and O–H groups in total. The molecule has 1 aliphatic carbocycles. The molecule has 0 bridgehead atoms. The molecule has 4 aliphatic rings. The van der Waals surface area contributed by atoms with Crippen LogP contribution in [0, 0.1) is 22.7 Å². The molecule has 236 valence electrons. The van der Waals surface area contributed by atoms with Gasteiger partial charge in [0.1, 0.15) is 41.5 Å². The number of aldehydes is 1. The molecule has 2 aromatic carbocycles. The van der Waals surface area contributed by atoms with Crippen molar-refractivity contribution in [3.8, 4) is 23.0 Å². The number of rotatable bonds is 9. The fraction of sp³-hybridized carbons (Fsp3) is 0.394. The number of ether oxygens (including phenoxy) is 4. The first-order valence-electron chi connectivity index (χ1n) is 14.5. The number of carbonyl (C=O) groups excluding carboxylic acids is 4. The second kappa shape index (κ2) is 11.0.